The first-order chi connectivity index (χ1) is 6.63. The van der Waals surface area contributed by atoms with Gasteiger partial charge in [0.15, 0.2) is 0 Å². The zero-order valence-electron chi connectivity index (χ0n) is 9.12. The minimum absolute atomic E-state index is 0.475. The molecule has 1 fully saturated rings. The highest BCUT2D eigenvalue weighted by Crippen LogP contribution is 2.49. The summed E-state index contributed by atoms with van der Waals surface area (Å²) in [6, 6.07) is 0. The Hall–Kier alpha value is -0.500. The maximum atomic E-state index is 10.4. The van der Waals surface area contributed by atoms with E-state index in [0.717, 1.165) is 25.2 Å². The van der Waals surface area contributed by atoms with Crippen LogP contribution in [0.3, 0.4) is 0 Å². The Labute approximate surface area is 86.0 Å². The maximum absolute atomic E-state index is 10.4. The van der Waals surface area contributed by atoms with Crippen LogP contribution in [0.15, 0.2) is 11.8 Å². The van der Waals surface area contributed by atoms with Crippen molar-refractivity contribution in [2.45, 2.75) is 45.1 Å². The summed E-state index contributed by atoms with van der Waals surface area (Å²) in [4.78, 5) is 0. The fraction of sp³-hybridized carbons (Fsp3) is 0.833. The number of hydrogen-bond acceptors (Lipinski definition) is 2. The fourth-order valence-corrected chi connectivity index (χ4v) is 2.13. The highest BCUT2D eigenvalue weighted by molar-refractivity contribution is 5.21. The average molecular weight is 196 g/mol. The van der Waals surface area contributed by atoms with Gasteiger partial charge in [-0.3, -0.25) is 0 Å². The van der Waals surface area contributed by atoms with Crippen LogP contribution in [0.1, 0.15) is 39.5 Å². The molecule has 0 amide bonds. The third kappa shape index (κ3) is 1.81. The molecule has 2 aliphatic carbocycles. The van der Waals surface area contributed by atoms with Gasteiger partial charge in [-0.15, -0.1) is 0 Å². The lowest BCUT2D eigenvalue weighted by molar-refractivity contribution is -0.00715. The molecule has 0 aromatic heterocycles. The molecule has 0 aromatic carbocycles. The monoisotopic (exact) mass is 196 g/mol. The predicted octanol–water partition coefficient (Wildman–Crippen LogP) is 2.48. The standard InChI is InChI=1S/C12H20O2/c1-9(2)8-14-11-4-3-7-12(11,13)10-5-6-10/h4,9-10,13H,3,5-8H2,1-2H3. The van der Waals surface area contributed by atoms with Crippen molar-refractivity contribution >= 4 is 0 Å². The van der Waals surface area contributed by atoms with E-state index in [1.54, 1.807) is 0 Å². The third-order valence-electron chi connectivity index (χ3n) is 3.11. The van der Waals surface area contributed by atoms with Crippen molar-refractivity contribution in [3.05, 3.63) is 11.8 Å². The summed E-state index contributed by atoms with van der Waals surface area (Å²) in [5, 5.41) is 10.4. The van der Waals surface area contributed by atoms with Crippen LogP contribution in [0.4, 0.5) is 0 Å². The van der Waals surface area contributed by atoms with Gasteiger partial charge < -0.3 is 9.84 Å². The van der Waals surface area contributed by atoms with Crippen LogP contribution < -0.4 is 0 Å². The molecule has 0 aliphatic heterocycles. The predicted molar refractivity (Wildman–Crippen MR) is 55.8 cm³/mol. The first-order valence-corrected chi connectivity index (χ1v) is 5.69. The summed E-state index contributed by atoms with van der Waals surface area (Å²) < 4.78 is 5.69. The maximum Gasteiger partial charge on any atom is 0.124 e. The first-order valence-electron chi connectivity index (χ1n) is 5.69. The van der Waals surface area contributed by atoms with Gasteiger partial charge in [-0.1, -0.05) is 13.8 Å². The highest BCUT2D eigenvalue weighted by atomic mass is 16.5. The molecule has 0 radical (unpaired) electrons. The lowest BCUT2D eigenvalue weighted by Crippen LogP contribution is -2.32. The molecule has 0 bridgehead atoms. The Kier molecular flexibility index (Phi) is 2.56. The van der Waals surface area contributed by atoms with E-state index >= 15 is 0 Å². The van der Waals surface area contributed by atoms with Gasteiger partial charge in [0.2, 0.25) is 0 Å². The average Bonchev–Trinajstić information content (AvgIpc) is 2.89. The molecule has 1 N–H and O–H groups in total. The Morgan fingerprint density at radius 2 is 2.29 bits per heavy atom. The summed E-state index contributed by atoms with van der Waals surface area (Å²) in [6.07, 6.45) is 6.24. The molecule has 1 atom stereocenters. The highest BCUT2D eigenvalue weighted by Gasteiger charge is 2.49. The van der Waals surface area contributed by atoms with E-state index in [1.807, 2.05) is 0 Å². The topological polar surface area (TPSA) is 29.5 Å². The number of hydrogen-bond donors (Lipinski definition) is 1. The van der Waals surface area contributed by atoms with Crippen LogP contribution in [0, 0.1) is 11.8 Å². The van der Waals surface area contributed by atoms with Crippen molar-refractivity contribution in [2.24, 2.45) is 11.8 Å². The molecular formula is C12H20O2. The van der Waals surface area contributed by atoms with E-state index in [2.05, 4.69) is 19.9 Å². The molecule has 80 valence electrons. The molecular weight excluding hydrogens is 176 g/mol. The van der Waals surface area contributed by atoms with Crippen LogP contribution >= 0.6 is 0 Å². The van der Waals surface area contributed by atoms with Crippen LogP contribution in [0.2, 0.25) is 0 Å². The van der Waals surface area contributed by atoms with E-state index in [1.165, 1.54) is 12.8 Å². The lowest BCUT2D eigenvalue weighted by Gasteiger charge is -2.26. The normalized spacial score (nSPS) is 32.1. The van der Waals surface area contributed by atoms with Crippen molar-refractivity contribution < 1.29 is 9.84 Å². The van der Waals surface area contributed by atoms with Gasteiger partial charge in [0.05, 0.1) is 6.61 Å². The van der Waals surface area contributed by atoms with E-state index in [0.29, 0.717) is 11.8 Å². The Balaban J connectivity index is 1.95. The molecule has 0 aromatic rings. The summed E-state index contributed by atoms with van der Waals surface area (Å²) in [6.45, 7) is 4.98. The fourth-order valence-electron chi connectivity index (χ4n) is 2.13. The van der Waals surface area contributed by atoms with Gasteiger partial charge >= 0.3 is 0 Å². The van der Waals surface area contributed by atoms with Gasteiger partial charge in [0.1, 0.15) is 11.4 Å². The van der Waals surface area contributed by atoms with Crippen molar-refractivity contribution in [3.8, 4) is 0 Å². The van der Waals surface area contributed by atoms with Crippen molar-refractivity contribution in [1.29, 1.82) is 0 Å². The second-order valence-corrected chi connectivity index (χ2v) is 5.01. The minimum Gasteiger partial charge on any atom is -0.495 e. The quantitative estimate of drug-likeness (QED) is 0.748. The summed E-state index contributed by atoms with van der Waals surface area (Å²) >= 11 is 0. The largest absolute Gasteiger partial charge is 0.495 e. The van der Waals surface area contributed by atoms with E-state index < -0.39 is 5.60 Å². The number of ether oxygens (including phenoxy) is 1. The van der Waals surface area contributed by atoms with E-state index in [9.17, 15) is 5.11 Å². The minimum atomic E-state index is -0.602. The summed E-state index contributed by atoms with van der Waals surface area (Å²) in [7, 11) is 0. The second-order valence-electron chi connectivity index (χ2n) is 5.01. The number of rotatable bonds is 4. The molecule has 2 heteroatoms. The Morgan fingerprint density at radius 3 is 2.86 bits per heavy atom. The number of aliphatic hydroxyl groups is 1. The smallest absolute Gasteiger partial charge is 0.124 e. The molecule has 0 spiro atoms. The molecule has 2 aliphatic rings. The molecule has 14 heavy (non-hydrogen) atoms. The van der Waals surface area contributed by atoms with Gasteiger partial charge in [-0.25, -0.2) is 0 Å². The zero-order valence-corrected chi connectivity index (χ0v) is 9.12. The molecule has 0 saturated heterocycles. The van der Waals surface area contributed by atoms with Gasteiger partial charge in [0.25, 0.3) is 0 Å². The van der Waals surface area contributed by atoms with Crippen molar-refractivity contribution in [2.75, 3.05) is 6.61 Å². The van der Waals surface area contributed by atoms with Crippen LogP contribution in [0.5, 0.6) is 0 Å². The van der Waals surface area contributed by atoms with E-state index in [4.69, 9.17) is 4.74 Å². The van der Waals surface area contributed by atoms with Crippen molar-refractivity contribution in [3.63, 3.8) is 0 Å². The van der Waals surface area contributed by atoms with Crippen LogP contribution in [-0.2, 0) is 4.74 Å². The molecule has 2 nitrogen and oxygen atoms in total. The number of allylic oxidation sites excluding steroid dienone is 1. The summed E-state index contributed by atoms with van der Waals surface area (Å²) in [5.41, 5.74) is -0.602. The molecule has 0 heterocycles. The van der Waals surface area contributed by atoms with E-state index in [-0.39, 0.29) is 0 Å². The summed E-state index contributed by atoms with van der Waals surface area (Å²) in [5.74, 6) is 1.86. The SMILES string of the molecule is CC(C)COC1=CCCC1(O)C1CC1. The molecule has 1 saturated carbocycles. The van der Waals surface area contributed by atoms with Crippen molar-refractivity contribution in [1.82, 2.24) is 0 Å². The van der Waals surface area contributed by atoms with Gasteiger partial charge in [0, 0.05) is 0 Å². The molecule has 2 rings (SSSR count). The van der Waals surface area contributed by atoms with Crippen LogP contribution in [0.25, 0.3) is 0 Å². The lowest BCUT2D eigenvalue weighted by atomic mass is 9.96. The van der Waals surface area contributed by atoms with Crippen LogP contribution in [-0.4, -0.2) is 17.3 Å². The Bertz CT molecular complexity index is 241. The first kappa shape index (κ1) is 10.0. The zero-order chi connectivity index (χ0) is 10.2. The molecule has 1 unspecified atom stereocenters. The third-order valence-corrected chi connectivity index (χ3v) is 3.11. The van der Waals surface area contributed by atoms with Gasteiger partial charge in [-0.05, 0) is 43.6 Å². The van der Waals surface area contributed by atoms with Gasteiger partial charge in [-0.2, -0.15) is 0 Å². The Morgan fingerprint density at radius 1 is 1.57 bits per heavy atom. The second kappa shape index (κ2) is 3.58.